The molecule has 1 aliphatic carbocycles. The summed E-state index contributed by atoms with van der Waals surface area (Å²) in [7, 11) is 3.32. The van der Waals surface area contributed by atoms with Crippen molar-refractivity contribution >= 4 is 34.0 Å². The van der Waals surface area contributed by atoms with Gasteiger partial charge in [-0.05, 0) is 50.3 Å². The van der Waals surface area contributed by atoms with Crippen molar-refractivity contribution in [2.24, 2.45) is 5.92 Å². The van der Waals surface area contributed by atoms with Crippen LogP contribution < -0.4 is 14.4 Å². The van der Waals surface area contributed by atoms with Crippen molar-refractivity contribution < 1.29 is 19.4 Å². The van der Waals surface area contributed by atoms with Crippen LogP contribution in [-0.4, -0.2) is 59.3 Å². The summed E-state index contributed by atoms with van der Waals surface area (Å²) >= 11 is 0. The quantitative estimate of drug-likeness (QED) is 0.425. The molecule has 0 bridgehead atoms. The molecule has 0 amide bonds. The van der Waals surface area contributed by atoms with Crippen molar-refractivity contribution in [3.05, 3.63) is 66.6 Å². The molecular weight excluding hydrogens is 468 g/mol. The zero-order chi connectivity index (χ0) is 25.9. The fourth-order valence-electron chi connectivity index (χ4n) is 4.56. The van der Waals surface area contributed by atoms with Gasteiger partial charge in [0.05, 0.1) is 37.1 Å². The molecule has 2 aliphatic rings. The number of methoxy groups -OCH3 is 2. The molecule has 5 rings (SSSR count). The Morgan fingerprint density at radius 3 is 2.51 bits per heavy atom. The second-order valence-corrected chi connectivity index (χ2v) is 9.69. The molecule has 1 aromatic heterocycles. The van der Waals surface area contributed by atoms with Gasteiger partial charge in [-0.25, -0.2) is 4.98 Å². The van der Waals surface area contributed by atoms with Crippen LogP contribution in [-0.2, 0) is 4.79 Å². The van der Waals surface area contributed by atoms with E-state index in [1.165, 1.54) is 12.8 Å². The largest absolute Gasteiger partial charge is 0.497 e. The smallest absolute Gasteiger partial charge is 0.323 e. The van der Waals surface area contributed by atoms with E-state index in [0.29, 0.717) is 11.6 Å². The van der Waals surface area contributed by atoms with Crippen LogP contribution in [0.5, 0.6) is 11.5 Å². The number of carboxylic acids is 1. The number of nitrogens with zero attached hydrogens (tertiary/aromatic N) is 4. The van der Waals surface area contributed by atoms with E-state index in [0.717, 1.165) is 52.4 Å². The van der Waals surface area contributed by atoms with Gasteiger partial charge in [-0.3, -0.25) is 9.78 Å². The summed E-state index contributed by atoms with van der Waals surface area (Å²) in [5.41, 5.74) is 5.16. The number of anilines is 2. The third-order valence-corrected chi connectivity index (χ3v) is 6.88. The fourth-order valence-corrected chi connectivity index (χ4v) is 4.56. The number of hydrogen-bond acceptors (Lipinski definition) is 7. The normalized spacial score (nSPS) is 17.3. The van der Waals surface area contributed by atoms with Crippen molar-refractivity contribution in [2.45, 2.75) is 32.2 Å². The first kappa shape index (κ1) is 24.6. The summed E-state index contributed by atoms with van der Waals surface area (Å²) in [5.74, 6) is 1.27. The van der Waals surface area contributed by atoms with E-state index in [1.54, 1.807) is 20.4 Å². The van der Waals surface area contributed by atoms with E-state index >= 15 is 0 Å². The number of aromatic nitrogens is 2. The Kier molecular flexibility index (Phi) is 6.99. The standard InChI is InChI=1S/C29H32N4O4/c1-19-5-4-6-21(17-32(19)18-29(34)35)28-15-30-26-10-9-22(13-27(26)31-28)33(16-20-7-8-20)23-11-24(36-2)14-25(12-23)37-3/h4,6,9-15,17,19-20H,5,7-8,16,18H2,1-3H3,(H,34,35). The topological polar surface area (TPSA) is 88.0 Å². The van der Waals surface area contributed by atoms with Gasteiger partial charge in [0.25, 0.3) is 0 Å². The van der Waals surface area contributed by atoms with Crippen LogP contribution in [0.2, 0.25) is 0 Å². The highest BCUT2D eigenvalue weighted by Crippen LogP contribution is 2.38. The van der Waals surface area contributed by atoms with E-state index in [1.807, 2.05) is 48.4 Å². The molecular formula is C29H32N4O4. The predicted octanol–water partition coefficient (Wildman–Crippen LogP) is 5.27. The third-order valence-electron chi connectivity index (χ3n) is 6.88. The van der Waals surface area contributed by atoms with E-state index in [-0.39, 0.29) is 12.6 Å². The minimum absolute atomic E-state index is 0.0579. The van der Waals surface area contributed by atoms with Gasteiger partial charge in [0.2, 0.25) is 0 Å². The van der Waals surface area contributed by atoms with Crippen molar-refractivity contribution in [2.75, 3.05) is 32.2 Å². The number of allylic oxidation sites excluding steroid dienone is 2. The van der Waals surface area contributed by atoms with Gasteiger partial charge in [-0.2, -0.15) is 0 Å². The molecule has 2 heterocycles. The summed E-state index contributed by atoms with van der Waals surface area (Å²) in [5, 5.41) is 9.34. The molecule has 8 nitrogen and oxygen atoms in total. The molecule has 1 fully saturated rings. The molecule has 1 saturated carbocycles. The average molecular weight is 501 g/mol. The van der Waals surface area contributed by atoms with Gasteiger partial charge in [-0.1, -0.05) is 12.2 Å². The number of ether oxygens (including phenoxy) is 2. The van der Waals surface area contributed by atoms with E-state index in [4.69, 9.17) is 14.5 Å². The fraction of sp³-hybridized carbons (Fsp3) is 0.345. The molecule has 2 aromatic carbocycles. The summed E-state index contributed by atoms with van der Waals surface area (Å²) in [6.45, 7) is 2.86. The Bertz CT molecular complexity index is 1340. The highest BCUT2D eigenvalue weighted by Gasteiger charge is 2.26. The zero-order valence-corrected chi connectivity index (χ0v) is 21.4. The van der Waals surface area contributed by atoms with Gasteiger partial charge < -0.3 is 24.4 Å². The Balaban J connectivity index is 1.54. The minimum Gasteiger partial charge on any atom is -0.497 e. The van der Waals surface area contributed by atoms with Crippen LogP contribution in [0.1, 0.15) is 31.9 Å². The average Bonchev–Trinajstić information content (AvgIpc) is 3.74. The molecule has 0 radical (unpaired) electrons. The summed E-state index contributed by atoms with van der Waals surface area (Å²) in [4.78, 5) is 25.1. The van der Waals surface area contributed by atoms with Crippen LogP contribution in [0.15, 0.2) is 60.9 Å². The third kappa shape index (κ3) is 5.69. The molecule has 8 heteroatoms. The molecule has 1 aliphatic heterocycles. The molecule has 0 saturated heterocycles. The van der Waals surface area contributed by atoms with Crippen LogP contribution in [0.4, 0.5) is 11.4 Å². The van der Waals surface area contributed by atoms with E-state index < -0.39 is 5.97 Å². The Labute approximate surface area is 216 Å². The van der Waals surface area contributed by atoms with Crippen molar-refractivity contribution in [1.82, 2.24) is 14.9 Å². The van der Waals surface area contributed by atoms with Crippen molar-refractivity contribution in [1.29, 1.82) is 0 Å². The van der Waals surface area contributed by atoms with Crippen molar-refractivity contribution in [3.8, 4) is 11.5 Å². The first-order valence-corrected chi connectivity index (χ1v) is 12.6. The lowest BCUT2D eigenvalue weighted by Crippen LogP contribution is -2.32. The second-order valence-electron chi connectivity index (χ2n) is 9.69. The number of hydrogen-bond donors (Lipinski definition) is 1. The maximum Gasteiger partial charge on any atom is 0.323 e. The van der Waals surface area contributed by atoms with Gasteiger partial charge >= 0.3 is 5.97 Å². The first-order valence-electron chi connectivity index (χ1n) is 12.6. The Morgan fingerprint density at radius 2 is 1.84 bits per heavy atom. The van der Waals surface area contributed by atoms with E-state index in [2.05, 4.69) is 28.1 Å². The maximum absolute atomic E-state index is 11.4. The number of aliphatic carboxylic acids is 1. The van der Waals surface area contributed by atoms with Crippen LogP contribution in [0.3, 0.4) is 0 Å². The lowest BCUT2D eigenvalue weighted by atomic mass is 10.1. The SMILES string of the molecule is COc1cc(OC)cc(N(CC2CC2)c2ccc3ncc(C4=CN(CC(=O)O)C(C)CC=C4)nc3c2)c1. The minimum atomic E-state index is -0.858. The van der Waals surface area contributed by atoms with Crippen LogP contribution >= 0.6 is 0 Å². The number of fused-ring (bicyclic) bond motifs is 1. The Morgan fingerprint density at radius 1 is 1.08 bits per heavy atom. The maximum atomic E-state index is 11.4. The van der Waals surface area contributed by atoms with Gasteiger partial charge in [-0.15, -0.1) is 0 Å². The zero-order valence-electron chi connectivity index (χ0n) is 21.4. The van der Waals surface area contributed by atoms with Gasteiger partial charge in [0, 0.05) is 53.9 Å². The molecule has 0 spiro atoms. The molecule has 37 heavy (non-hydrogen) atoms. The molecule has 1 unspecified atom stereocenters. The summed E-state index contributed by atoms with van der Waals surface area (Å²) in [6, 6.07) is 12.1. The summed E-state index contributed by atoms with van der Waals surface area (Å²) in [6.07, 6.45) is 10.9. The molecule has 1 atom stereocenters. The van der Waals surface area contributed by atoms with Crippen LogP contribution in [0.25, 0.3) is 16.6 Å². The monoisotopic (exact) mass is 500 g/mol. The highest BCUT2D eigenvalue weighted by atomic mass is 16.5. The molecule has 1 N–H and O–H groups in total. The van der Waals surface area contributed by atoms with Crippen molar-refractivity contribution in [3.63, 3.8) is 0 Å². The lowest BCUT2D eigenvalue weighted by Gasteiger charge is -2.26. The predicted molar refractivity (Wildman–Crippen MR) is 144 cm³/mol. The van der Waals surface area contributed by atoms with Crippen LogP contribution in [0, 0.1) is 5.92 Å². The number of rotatable bonds is 9. The lowest BCUT2D eigenvalue weighted by molar-refractivity contribution is -0.138. The number of benzene rings is 2. The van der Waals surface area contributed by atoms with Gasteiger partial charge in [0.15, 0.2) is 0 Å². The van der Waals surface area contributed by atoms with E-state index in [9.17, 15) is 9.90 Å². The summed E-state index contributed by atoms with van der Waals surface area (Å²) < 4.78 is 11.1. The number of carbonyl (C=O) groups is 1. The van der Waals surface area contributed by atoms with Gasteiger partial charge in [0.1, 0.15) is 18.0 Å². The Hall–Kier alpha value is -4.07. The molecule has 3 aromatic rings. The highest BCUT2D eigenvalue weighted by molar-refractivity contribution is 5.83. The molecule has 192 valence electrons. The second kappa shape index (κ2) is 10.5. The first-order chi connectivity index (χ1) is 17.9. The number of carboxylic acid groups (broad SMARTS) is 1.